The van der Waals surface area contributed by atoms with Gasteiger partial charge in [0.2, 0.25) is 0 Å². The van der Waals surface area contributed by atoms with Crippen LogP contribution in [0.1, 0.15) is 33.9 Å². The SMILES string of the molecule is NC1c2ccccc2CC1(O)NC(Cc1ccccc1)C(O)(c1ccccc1)c1ccccc1. The van der Waals surface area contributed by atoms with Crippen LogP contribution in [-0.4, -0.2) is 22.0 Å². The number of nitrogens with two attached hydrogens (primary N) is 1. The van der Waals surface area contributed by atoms with E-state index in [1.54, 1.807) is 0 Å². The van der Waals surface area contributed by atoms with Crippen LogP contribution in [0.15, 0.2) is 115 Å². The van der Waals surface area contributed by atoms with Crippen molar-refractivity contribution in [2.45, 2.75) is 36.3 Å². The molecule has 0 saturated heterocycles. The number of hydrogen-bond acceptors (Lipinski definition) is 4. The van der Waals surface area contributed by atoms with Crippen molar-refractivity contribution in [1.82, 2.24) is 5.32 Å². The van der Waals surface area contributed by atoms with Gasteiger partial charge in [-0.05, 0) is 34.2 Å². The maximum atomic E-state index is 12.5. The van der Waals surface area contributed by atoms with E-state index in [0.717, 1.165) is 27.8 Å². The summed E-state index contributed by atoms with van der Waals surface area (Å²) in [5.41, 5.74) is 8.28. The van der Waals surface area contributed by atoms with Gasteiger partial charge in [0.05, 0.1) is 12.1 Å². The van der Waals surface area contributed by atoms with Gasteiger partial charge in [0.1, 0.15) is 11.3 Å². The Labute approximate surface area is 200 Å². The van der Waals surface area contributed by atoms with E-state index >= 15 is 0 Å². The van der Waals surface area contributed by atoms with E-state index in [0.29, 0.717) is 12.8 Å². The first-order valence-electron chi connectivity index (χ1n) is 11.7. The summed E-state index contributed by atoms with van der Waals surface area (Å²) >= 11 is 0. The Bertz CT molecular complexity index is 1190. The van der Waals surface area contributed by atoms with Crippen LogP contribution in [0.2, 0.25) is 0 Å². The molecule has 0 radical (unpaired) electrons. The minimum absolute atomic E-state index is 0.370. The Hall–Kier alpha value is -3.28. The van der Waals surface area contributed by atoms with E-state index in [1.807, 2.05) is 115 Å². The third-order valence-corrected chi connectivity index (χ3v) is 7.00. The van der Waals surface area contributed by atoms with Gasteiger partial charge in [-0.15, -0.1) is 0 Å². The zero-order valence-electron chi connectivity index (χ0n) is 19.0. The first-order chi connectivity index (χ1) is 16.5. The molecule has 0 saturated carbocycles. The van der Waals surface area contributed by atoms with Crippen LogP contribution < -0.4 is 11.1 Å². The highest BCUT2D eigenvalue weighted by atomic mass is 16.3. The van der Waals surface area contributed by atoms with Crippen molar-refractivity contribution in [3.05, 3.63) is 143 Å². The summed E-state index contributed by atoms with van der Waals surface area (Å²) in [4.78, 5) is 0. The van der Waals surface area contributed by atoms with E-state index < -0.39 is 23.4 Å². The van der Waals surface area contributed by atoms with E-state index in [2.05, 4.69) is 5.32 Å². The van der Waals surface area contributed by atoms with E-state index in [4.69, 9.17) is 5.73 Å². The van der Waals surface area contributed by atoms with Crippen molar-refractivity contribution < 1.29 is 10.2 Å². The van der Waals surface area contributed by atoms with Gasteiger partial charge in [-0.2, -0.15) is 0 Å². The van der Waals surface area contributed by atoms with E-state index in [1.165, 1.54) is 0 Å². The van der Waals surface area contributed by atoms with Crippen LogP contribution in [0.3, 0.4) is 0 Å². The molecule has 0 heterocycles. The molecular formula is C30H30N2O2. The number of benzene rings is 4. The van der Waals surface area contributed by atoms with Crippen LogP contribution >= 0.6 is 0 Å². The average Bonchev–Trinajstić information content (AvgIpc) is 3.14. The molecule has 1 aliphatic carbocycles. The lowest BCUT2D eigenvalue weighted by Gasteiger charge is -2.43. The summed E-state index contributed by atoms with van der Waals surface area (Å²) in [5.74, 6) is 0. The van der Waals surface area contributed by atoms with Crippen LogP contribution in [0, 0.1) is 0 Å². The second kappa shape index (κ2) is 9.16. The lowest BCUT2D eigenvalue weighted by atomic mass is 9.77. The van der Waals surface area contributed by atoms with Crippen LogP contribution in [-0.2, 0) is 18.4 Å². The van der Waals surface area contributed by atoms with Gasteiger partial charge in [-0.3, -0.25) is 5.32 Å². The van der Waals surface area contributed by atoms with Gasteiger partial charge in [0.25, 0.3) is 0 Å². The third-order valence-electron chi connectivity index (χ3n) is 7.00. The molecule has 4 heteroatoms. The van der Waals surface area contributed by atoms with Crippen molar-refractivity contribution in [2.24, 2.45) is 5.73 Å². The van der Waals surface area contributed by atoms with Crippen molar-refractivity contribution >= 4 is 0 Å². The Kier molecular flexibility index (Phi) is 6.07. The molecule has 0 aromatic heterocycles. The van der Waals surface area contributed by atoms with Crippen molar-refractivity contribution in [3.8, 4) is 0 Å². The minimum Gasteiger partial charge on any atom is -0.379 e. The summed E-state index contributed by atoms with van der Waals surface area (Å²) in [5, 5.41) is 27.8. The molecule has 0 spiro atoms. The minimum atomic E-state index is -1.41. The average molecular weight is 451 g/mol. The first kappa shape index (κ1) is 22.5. The molecule has 0 bridgehead atoms. The second-order valence-corrected chi connectivity index (χ2v) is 9.16. The molecule has 3 unspecified atom stereocenters. The Morgan fingerprint density at radius 1 is 0.794 bits per heavy atom. The number of fused-ring (bicyclic) bond motifs is 1. The smallest absolute Gasteiger partial charge is 0.139 e. The summed E-state index contributed by atoms with van der Waals surface area (Å²) < 4.78 is 0. The maximum Gasteiger partial charge on any atom is 0.139 e. The summed E-state index contributed by atoms with van der Waals surface area (Å²) in [6, 6.07) is 36.0. The lowest BCUT2D eigenvalue weighted by Crippen LogP contribution is -2.62. The monoisotopic (exact) mass is 450 g/mol. The third kappa shape index (κ3) is 4.06. The van der Waals surface area contributed by atoms with E-state index in [-0.39, 0.29) is 0 Å². The fourth-order valence-electron chi connectivity index (χ4n) is 5.21. The highest BCUT2D eigenvalue weighted by molar-refractivity contribution is 5.42. The van der Waals surface area contributed by atoms with Gasteiger partial charge < -0.3 is 15.9 Å². The normalized spacial score (nSPS) is 20.6. The predicted molar refractivity (Wildman–Crippen MR) is 135 cm³/mol. The van der Waals surface area contributed by atoms with Crippen LogP contribution in [0.4, 0.5) is 0 Å². The summed E-state index contributed by atoms with van der Waals surface area (Å²) in [7, 11) is 0. The lowest BCUT2D eigenvalue weighted by molar-refractivity contribution is -0.0585. The molecule has 0 aliphatic heterocycles. The fourth-order valence-corrected chi connectivity index (χ4v) is 5.21. The molecule has 5 rings (SSSR count). The number of nitrogens with one attached hydrogen (secondary N) is 1. The maximum absolute atomic E-state index is 12.5. The van der Waals surface area contributed by atoms with Gasteiger partial charge in [-0.25, -0.2) is 0 Å². The van der Waals surface area contributed by atoms with Crippen molar-refractivity contribution in [1.29, 1.82) is 0 Å². The molecule has 4 aromatic carbocycles. The molecule has 3 atom stereocenters. The topological polar surface area (TPSA) is 78.5 Å². The quantitative estimate of drug-likeness (QED) is 0.320. The van der Waals surface area contributed by atoms with Gasteiger partial charge in [-0.1, -0.05) is 115 Å². The van der Waals surface area contributed by atoms with Crippen molar-refractivity contribution in [2.75, 3.05) is 0 Å². The first-order valence-corrected chi connectivity index (χ1v) is 11.7. The zero-order valence-corrected chi connectivity index (χ0v) is 19.0. The Balaban J connectivity index is 1.62. The van der Waals surface area contributed by atoms with Gasteiger partial charge in [0, 0.05) is 6.42 Å². The van der Waals surface area contributed by atoms with Gasteiger partial charge >= 0.3 is 0 Å². The van der Waals surface area contributed by atoms with Crippen LogP contribution in [0.25, 0.3) is 0 Å². The number of rotatable bonds is 7. The van der Waals surface area contributed by atoms with Gasteiger partial charge in [0.15, 0.2) is 0 Å². The Morgan fingerprint density at radius 2 is 1.29 bits per heavy atom. The zero-order chi connectivity index (χ0) is 23.6. The molecule has 172 valence electrons. The number of aliphatic hydroxyl groups is 2. The second-order valence-electron chi connectivity index (χ2n) is 9.16. The molecular weight excluding hydrogens is 420 g/mol. The molecule has 34 heavy (non-hydrogen) atoms. The standard InChI is InChI=1S/C30H30N2O2/c31-28-26-19-11-10-14-23(26)21-29(28,33)32-27(20-22-12-4-1-5-13-22)30(34,24-15-6-2-7-16-24)25-17-8-3-9-18-25/h1-19,27-28,32-34H,20-21,31H2. The highest BCUT2D eigenvalue weighted by Crippen LogP contribution is 2.40. The Morgan fingerprint density at radius 3 is 1.85 bits per heavy atom. The summed E-state index contributed by atoms with van der Waals surface area (Å²) in [6.45, 7) is 0. The molecule has 0 amide bonds. The van der Waals surface area contributed by atoms with Crippen LogP contribution in [0.5, 0.6) is 0 Å². The number of hydrogen-bond donors (Lipinski definition) is 4. The molecule has 4 nitrogen and oxygen atoms in total. The molecule has 1 aliphatic rings. The summed E-state index contributed by atoms with van der Waals surface area (Å²) in [6.07, 6.45) is 0.863. The predicted octanol–water partition coefficient (Wildman–Crippen LogP) is 4.07. The molecule has 5 N–H and O–H groups in total. The van der Waals surface area contributed by atoms with E-state index in [9.17, 15) is 10.2 Å². The highest BCUT2D eigenvalue weighted by Gasteiger charge is 2.49. The molecule has 0 fully saturated rings. The fraction of sp³-hybridized carbons (Fsp3) is 0.200. The van der Waals surface area contributed by atoms with Crippen molar-refractivity contribution in [3.63, 3.8) is 0 Å². The largest absolute Gasteiger partial charge is 0.379 e. The molecule has 4 aromatic rings.